The van der Waals surface area contributed by atoms with E-state index in [0.717, 1.165) is 84.0 Å². The second-order valence-electron chi connectivity index (χ2n) is 13.9. The van der Waals surface area contributed by atoms with E-state index in [1.165, 1.54) is 29.0 Å². The number of halogens is 1. The van der Waals surface area contributed by atoms with Crippen molar-refractivity contribution >= 4 is 22.8 Å². The molecule has 7 rings (SSSR count). The van der Waals surface area contributed by atoms with E-state index in [2.05, 4.69) is 41.9 Å². The zero-order chi connectivity index (χ0) is 31.8. The molecular formula is C38H47FN2O3S. The van der Waals surface area contributed by atoms with Gasteiger partial charge in [-0.25, -0.2) is 4.39 Å². The molecule has 2 fully saturated rings. The van der Waals surface area contributed by atoms with Crippen LogP contribution in [0.4, 0.5) is 10.1 Å². The molecule has 7 heteroatoms. The Morgan fingerprint density at radius 2 is 1.76 bits per heavy atom. The molecule has 0 radical (unpaired) electrons. The van der Waals surface area contributed by atoms with Crippen LogP contribution in [0, 0.1) is 18.2 Å². The van der Waals surface area contributed by atoms with Crippen LogP contribution in [-0.2, 0) is 6.42 Å². The number of benzene rings is 2. The summed E-state index contributed by atoms with van der Waals surface area (Å²) in [6, 6.07) is 16.9. The predicted molar refractivity (Wildman–Crippen MR) is 181 cm³/mol. The standard InChI is InChI=1S/C38H47FN2O3S/c1-26-5-4-17-37(3)34(16-18-38(37,44)25-40-19-21-41(22-20-40)30-11-9-29(39)10-12-30)32-14-8-28(23-31(42)13-6-26)24-33(32)36(43)35-15-7-27(2)45-35/h5,7-12,14-15,24,31,34,42,44H,4,6,13,16-23,25H2,1-3H3. The fourth-order valence-electron chi connectivity index (χ4n) is 8.07. The number of carbonyl (C=O) groups excluding carboxylic acids is 1. The highest BCUT2D eigenvalue weighted by molar-refractivity contribution is 7.14. The van der Waals surface area contributed by atoms with E-state index < -0.39 is 17.1 Å². The van der Waals surface area contributed by atoms with Gasteiger partial charge >= 0.3 is 0 Å². The molecular weight excluding hydrogens is 583 g/mol. The van der Waals surface area contributed by atoms with Crippen molar-refractivity contribution in [1.29, 1.82) is 0 Å². The normalized spacial score (nSPS) is 28.0. The van der Waals surface area contributed by atoms with Crippen LogP contribution in [0.5, 0.6) is 0 Å². The number of aryl methyl sites for hydroxylation is 1. The summed E-state index contributed by atoms with van der Waals surface area (Å²) >= 11 is 1.53. The molecule has 5 nitrogen and oxygen atoms in total. The van der Waals surface area contributed by atoms with Gasteiger partial charge in [-0.3, -0.25) is 9.69 Å². The van der Waals surface area contributed by atoms with Gasteiger partial charge in [-0.1, -0.05) is 30.7 Å². The zero-order valence-electron chi connectivity index (χ0n) is 26.9. The fraction of sp³-hybridized carbons (Fsp3) is 0.500. The van der Waals surface area contributed by atoms with Gasteiger partial charge in [0.2, 0.25) is 5.78 Å². The Bertz CT molecular complexity index is 1540. The van der Waals surface area contributed by atoms with Gasteiger partial charge in [0.25, 0.3) is 0 Å². The largest absolute Gasteiger partial charge is 0.393 e. The first-order chi connectivity index (χ1) is 21.5. The molecule has 1 aromatic heterocycles. The summed E-state index contributed by atoms with van der Waals surface area (Å²) in [5, 5.41) is 23.5. The van der Waals surface area contributed by atoms with Crippen molar-refractivity contribution in [3.8, 4) is 0 Å². The van der Waals surface area contributed by atoms with Gasteiger partial charge in [-0.05, 0) is 118 Å². The van der Waals surface area contributed by atoms with E-state index in [1.807, 2.05) is 37.3 Å². The van der Waals surface area contributed by atoms with E-state index in [1.54, 1.807) is 0 Å². The second kappa shape index (κ2) is 13.1. The van der Waals surface area contributed by atoms with E-state index in [9.17, 15) is 19.4 Å². The third-order valence-corrected chi connectivity index (χ3v) is 11.9. The molecule has 240 valence electrons. The number of rotatable bonds is 5. The molecule has 2 aromatic carbocycles. The lowest BCUT2D eigenvalue weighted by atomic mass is 9.64. The smallest absolute Gasteiger partial charge is 0.203 e. The summed E-state index contributed by atoms with van der Waals surface area (Å²) < 4.78 is 13.5. The minimum absolute atomic E-state index is 0.0265. The Morgan fingerprint density at radius 3 is 2.47 bits per heavy atom. The van der Waals surface area contributed by atoms with E-state index in [0.29, 0.717) is 25.8 Å². The highest BCUT2D eigenvalue weighted by Gasteiger charge is 2.57. The van der Waals surface area contributed by atoms with E-state index in [-0.39, 0.29) is 17.5 Å². The Morgan fingerprint density at radius 1 is 1.00 bits per heavy atom. The summed E-state index contributed by atoms with van der Waals surface area (Å²) in [6.45, 7) is 10.3. The topological polar surface area (TPSA) is 64.0 Å². The van der Waals surface area contributed by atoms with E-state index in [4.69, 9.17) is 0 Å². The summed E-state index contributed by atoms with van der Waals surface area (Å²) in [5.41, 5.74) is 3.69. The maximum Gasteiger partial charge on any atom is 0.203 e. The number of piperazine rings is 1. The lowest BCUT2D eigenvalue weighted by Gasteiger charge is -2.47. The summed E-state index contributed by atoms with van der Waals surface area (Å²) in [6.07, 6.45) is 7.04. The minimum Gasteiger partial charge on any atom is -0.393 e. The van der Waals surface area contributed by atoms with Crippen molar-refractivity contribution in [2.45, 2.75) is 83.3 Å². The SMILES string of the molecule is CC1=CCCC2(C)C(CCC2(O)CN2CCN(c3ccc(F)cc3)CC2)c2ccc(cc2C(=O)c2ccc(C)s2)CC(O)CC1. The van der Waals surface area contributed by atoms with Crippen molar-refractivity contribution in [2.75, 3.05) is 37.6 Å². The first kappa shape index (κ1) is 32.1. The number of hydrogen-bond donors (Lipinski definition) is 2. The number of aliphatic hydroxyl groups excluding tert-OH is 1. The van der Waals surface area contributed by atoms with E-state index >= 15 is 0 Å². The van der Waals surface area contributed by atoms with Crippen LogP contribution in [0.15, 0.2) is 66.2 Å². The summed E-state index contributed by atoms with van der Waals surface area (Å²) in [7, 11) is 0. The van der Waals surface area contributed by atoms with Crippen LogP contribution in [-0.4, -0.2) is 65.3 Å². The van der Waals surface area contributed by atoms with Crippen LogP contribution in [0.2, 0.25) is 0 Å². The zero-order valence-corrected chi connectivity index (χ0v) is 27.7. The molecule has 1 saturated heterocycles. The first-order valence-corrected chi connectivity index (χ1v) is 17.4. The quantitative estimate of drug-likeness (QED) is 0.229. The number of carbonyl (C=O) groups is 1. The number of ketones is 1. The highest BCUT2D eigenvalue weighted by Crippen LogP contribution is 2.59. The molecule has 4 atom stereocenters. The maximum atomic E-state index is 14.1. The number of β-amino-alcohol motifs (C(OH)–C–C–N with tert-alkyl or cyclic N) is 1. The molecule has 1 saturated carbocycles. The molecule has 2 heterocycles. The molecule has 3 aromatic rings. The number of aliphatic hydroxyl groups is 2. The number of hydrogen-bond acceptors (Lipinski definition) is 6. The van der Waals surface area contributed by atoms with Crippen molar-refractivity contribution in [3.05, 3.63) is 98.5 Å². The van der Waals surface area contributed by atoms with Gasteiger partial charge in [0, 0.05) is 54.3 Å². The van der Waals surface area contributed by atoms with Crippen molar-refractivity contribution in [3.63, 3.8) is 0 Å². The average molecular weight is 631 g/mol. The average Bonchev–Trinajstić information content (AvgIpc) is 3.56. The molecule has 2 N–H and O–H groups in total. The first-order valence-electron chi connectivity index (χ1n) is 16.6. The number of anilines is 1. The van der Waals surface area contributed by atoms with Gasteiger partial charge in [0.05, 0.1) is 16.6 Å². The van der Waals surface area contributed by atoms with Crippen LogP contribution in [0.1, 0.15) is 89.5 Å². The van der Waals surface area contributed by atoms with Crippen LogP contribution in [0.25, 0.3) is 0 Å². The molecule has 4 unspecified atom stereocenters. The molecule has 45 heavy (non-hydrogen) atoms. The van der Waals surface area contributed by atoms with Crippen LogP contribution >= 0.6 is 11.3 Å². The van der Waals surface area contributed by atoms with Gasteiger partial charge in [-0.15, -0.1) is 11.3 Å². The monoisotopic (exact) mass is 630 g/mol. The predicted octanol–water partition coefficient (Wildman–Crippen LogP) is 7.29. The van der Waals surface area contributed by atoms with Gasteiger partial charge < -0.3 is 15.1 Å². The van der Waals surface area contributed by atoms with Crippen molar-refractivity contribution < 1.29 is 19.4 Å². The molecule has 0 amide bonds. The van der Waals surface area contributed by atoms with Crippen LogP contribution in [0.3, 0.4) is 0 Å². The van der Waals surface area contributed by atoms with Crippen molar-refractivity contribution in [2.24, 2.45) is 5.41 Å². The Labute approximate surface area is 271 Å². The van der Waals surface area contributed by atoms with Crippen molar-refractivity contribution in [1.82, 2.24) is 4.90 Å². The number of allylic oxidation sites excluding steroid dienone is 2. The molecule has 0 spiro atoms. The van der Waals surface area contributed by atoms with Gasteiger partial charge in [-0.2, -0.15) is 0 Å². The Hall–Kier alpha value is -2.84. The minimum atomic E-state index is -0.913. The van der Waals surface area contributed by atoms with Crippen LogP contribution < -0.4 is 4.90 Å². The molecule has 1 aliphatic heterocycles. The second-order valence-corrected chi connectivity index (χ2v) is 15.2. The molecule has 3 aliphatic carbocycles. The number of fused-ring (bicyclic) bond motifs is 8. The third-order valence-electron chi connectivity index (χ3n) is 10.9. The number of thiophene rings is 1. The van der Waals surface area contributed by atoms with Gasteiger partial charge in [0.1, 0.15) is 5.82 Å². The van der Waals surface area contributed by atoms with Gasteiger partial charge in [0.15, 0.2) is 0 Å². The molecule has 2 bridgehead atoms. The Kier molecular flexibility index (Phi) is 9.36. The Balaban J connectivity index is 1.31. The fourth-order valence-corrected chi connectivity index (χ4v) is 8.89. The maximum absolute atomic E-state index is 14.1. The highest BCUT2D eigenvalue weighted by atomic mass is 32.1. The third kappa shape index (κ3) is 6.69. The molecule has 4 aliphatic rings. The lowest BCUT2D eigenvalue weighted by molar-refractivity contribution is -0.0841. The summed E-state index contributed by atoms with van der Waals surface area (Å²) in [5.74, 6) is -0.157. The summed E-state index contributed by atoms with van der Waals surface area (Å²) in [4.78, 5) is 20.6. The lowest BCUT2D eigenvalue weighted by Crippen LogP contribution is -2.56. The number of nitrogens with zero attached hydrogens (tertiary/aromatic N) is 2.